The summed E-state index contributed by atoms with van der Waals surface area (Å²) in [4.78, 5) is 2.52. The molecule has 1 aromatic rings. The highest BCUT2D eigenvalue weighted by Crippen LogP contribution is 2.31. The first-order valence-corrected chi connectivity index (χ1v) is 7.19. The molecule has 1 saturated heterocycles. The highest BCUT2D eigenvalue weighted by molar-refractivity contribution is 5.70. The molecule has 1 aliphatic carbocycles. The number of piperidine rings is 1. The number of hydrogen-bond donors (Lipinski definition) is 2. The molecule has 2 fully saturated rings. The van der Waals surface area contributed by atoms with Crippen molar-refractivity contribution >= 4 is 11.4 Å². The maximum atomic E-state index is 5.85. The van der Waals surface area contributed by atoms with Crippen molar-refractivity contribution in [1.82, 2.24) is 0 Å². The van der Waals surface area contributed by atoms with Crippen LogP contribution in [0.15, 0.2) is 24.3 Å². The Bertz CT molecular complexity index is 392. The van der Waals surface area contributed by atoms with Crippen molar-refractivity contribution in [3.8, 4) is 0 Å². The van der Waals surface area contributed by atoms with E-state index >= 15 is 0 Å². The molecule has 3 N–H and O–H groups in total. The minimum Gasteiger partial charge on any atom is -0.381 e. The summed E-state index contributed by atoms with van der Waals surface area (Å²) in [6.07, 6.45) is 6.23. The lowest BCUT2D eigenvalue weighted by Gasteiger charge is -2.36. The van der Waals surface area contributed by atoms with Gasteiger partial charge in [-0.2, -0.15) is 0 Å². The molecule has 0 unspecified atom stereocenters. The average Bonchev–Trinajstić information content (AvgIpc) is 2.39. The maximum absolute atomic E-state index is 5.85. The molecule has 0 bridgehead atoms. The molecule has 2 aliphatic rings. The molecule has 98 valence electrons. The summed E-state index contributed by atoms with van der Waals surface area (Å²) >= 11 is 0. The topological polar surface area (TPSA) is 41.3 Å². The summed E-state index contributed by atoms with van der Waals surface area (Å²) in [7, 11) is 0. The van der Waals surface area contributed by atoms with E-state index in [4.69, 9.17) is 5.73 Å². The van der Waals surface area contributed by atoms with E-state index in [1.54, 1.807) is 0 Å². The highest BCUT2D eigenvalue weighted by atomic mass is 15.2. The minimum absolute atomic E-state index is 0.407. The van der Waals surface area contributed by atoms with Crippen molar-refractivity contribution in [2.75, 3.05) is 23.3 Å². The zero-order valence-corrected chi connectivity index (χ0v) is 10.9. The molecule has 0 radical (unpaired) electrons. The lowest BCUT2D eigenvalue weighted by molar-refractivity contribution is 0.373. The van der Waals surface area contributed by atoms with Gasteiger partial charge in [-0.15, -0.1) is 0 Å². The second kappa shape index (κ2) is 5.19. The SMILES string of the molecule is NC1CC(Nc2ccccc2N2CCCCC2)C1. The summed E-state index contributed by atoms with van der Waals surface area (Å²) < 4.78 is 0. The van der Waals surface area contributed by atoms with Crippen LogP contribution in [0.25, 0.3) is 0 Å². The van der Waals surface area contributed by atoms with Gasteiger partial charge in [0.05, 0.1) is 11.4 Å². The molecule has 1 saturated carbocycles. The van der Waals surface area contributed by atoms with Crippen LogP contribution in [0.5, 0.6) is 0 Å². The van der Waals surface area contributed by atoms with Gasteiger partial charge in [-0.1, -0.05) is 12.1 Å². The van der Waals surface area contributed by atoms with Crippen LogP contribution in [0, 0.1) is 0 Å². The lowest BCUT2D eigenvalue weighted by atomic mass is 9.87. The fourth-order valence-electron chi connectivity index (χ4n) is 3.01. The van der Waals surface area contributed by atoms with Crippen LogP contribution in [0.2, 0.25) is 0 Å². The van der Waals surface area contributed by atoms with Crippen LogP contribution in [-0.4, -0.2) is 25.2 Å². The lowest BCUT2D eigenvalue weighted by Crippen LogP contribution is -2.44. The third-order valence-corrected chi connectivity index (χ3v) is 4.13. The number of nitrogens with zero attached hydrogens (tertiary/aromatic N) is 1. The van der Waals surface area contributed by atoms with E-state index in [0.717, 1.165) is 12.8 Å². The van der Waals surface area contributed by atoms with Crippen molar-refractivity contribution in [2.24, 2.45) is 5.73 Å². The van der Waals surface area contributed by atoms with E-state index in [-0.39, 0.29) is 0 Å². The van der Waals surface area contributed by atoms with Crippen molar-refractivity contribution in [3.63, 3.8) is 0 Å². The monoisotopic (exact) mass is 245 g/mol. The van der Waals surface area contributed by atoms with Crippen LogP contribution in [0.4, 0.5) is 11.4 Å². The van der Waals surface area contributed by atoms with Crippen molar-refractivity contribution in [2.45, 2.75) is 44.2 Å². The Labute approximate surface area is 109 Å². The van der Waals surface area contributed by atoms with Crippen LogP contribution < -0.4 is 16.0 Å². The molecule has 3 nitrogen and oxygen atoms in total. The number of anilines is 2. The van der Waals surface area contributed by atoms with Gasteiger partial charge in [0.25, 0.3) is 0 Å². The Morgan fingerprint density at radius 2 is 1.78 bits per heavy atom. The zero-order chi connectivity index (χ0) is 12.4. The molecule has 18 heavy (non-hydrogen) atoms. The van der Waals surface area contributed by atoms with Gasteiger partial charge in [0, 0.05) is 25.2 Å². The van der Waals surface area contributed by atoms with E-state index < -0.39 is 0 Å². The molecular weight excluding hydrogens is 222 g/mol. The number of hydrogen-bond acceptors (Lipinski definition) is 3. The first-order chi connectivity index (χ1) is 8.83. The maximum Gasteiger partial charge on any atom is 0.0602 e. The third kappa shape index (κ3) is 2.46. The van der Waals surface area contributed by atoms with Crippen molar-refractivity contribution < 1.29 is 0 Å². The Morgan fingerprint density at radius 1 is 1.06 bits per heavy atom. The standard InChI is InChI=1S/C15H23N3/c16-12-10-13(11-12)17-14-6-2-3-7-15(14)18-8-4-1-5-9-18/h2-3,6-7,12-13,17H,1,4-5,8-11,16H2. The Kier molecular flexibility index (Phi) is 3.41. The Hall–Kier alpha value is -1.22. The van der Waals surface area contributed by atoms with Crippen LogP contribution >= 0.6 is 0 Å². The van der Waals surface area contributed by atoms with Crippen LogP contribution in [-0.2, 0) is 0 Å². The Morgan fingerprint density at radius 3 is 2.50 bits per heavy atom. The molecule has 3 rings (SSSR count). The highest BCUT2D eigenvalue weighted by Gasteiger charge is 2.26. The molecule has 0 atom stereocenters. The van der Waals surface area contributed by atoms with Gasteiger partial charge in [-0.25, -0.2) is 0 Å². The van der Waals surface area contributed by atoms with Crippen LogP contribution in [0.3, 0.4) is 0 Å². The fourth-order valence-corrected chi connectivity index (χ4v) is 3.01. The van der Waals surface area contributed by atoms with Gasteiger partial charge >= 0.3 is 0 Å². The van der Waals surface area contributed by atoms with Crippen molar-refractivity contribution in [1.29, 1.82) is 0 Å². The number of nitrogens with one attached hydrogen (secondary N) is 1. The van der Waals surface area contributed by atoms with Gasteiger partial charge < -0.3 is 16.0 Å². The molecule has 1 aromatic carbocycles. The molecule has 1 heterocycles. The zero-order valence-electron chi connectivity index (χ0n) is 10.9. The summed E-state index contributed by atoms with van der Waals surface area (Å²) in [5.41, 5.74) is 8.51. The van der Waals surface area contributed by atoms with E-state index in [0.29, 0.717) is 12.1 Å². The Balaban J connectivity index is 1.72. The molecule has 1 aliphatic heterocycles. The third-order valence-electron chi connectivity index (χ3n) is 4.13. The van der Waals surface area contributed by atoms with Gasteiger partial charge in [0.1, 0.15) is 0 Å². The summed E-state index contributed by atoms with van der Waals surface area (Å²) in [5.74, 6) is 0. The van der Waals surface area contributed by atoms with E-state index in [1.807, 2.05) is 0 Å². The number of rotatable bonds is 3. The fraction of sp³-hybridized carbons (Fsp3) is 0.600. The van der Waals surface area contributed by atoms with E-state index in [1.165, 1.54) is 43.7 Å². The molecule has 0 aromatic heterocycles. The summed E-state index contributed by atoms with van der Waals surface area (Å²) in [6.45, 7) is 2.39. The summed E-state index contributed by atoms with van der Waals surface area (Å²) in [5, 5.41) is 3.65. The van der Waals surface area contributed by atoms with Gasteiger partial charge in [-0.3, -0.25) is 0 Å². The smallest absolute Gasteiger partial charge is 0.0602 e. The molecule has 3 heteroatoms. The minimum atomic E-state index is 0.407. The molecule has 0 spiro atoms. The second-order valence-electron chi connectivity index (χ2n) is 5.64. The van der Waals surface area contributed by atoms with Gasteiger partial charge in [-0.05, 0) is 44.2 Å². The van der Waals surface area contributed by atoms with E-state index in [9.17, 15) is 0 Å². The first-order valence-electron chi connectivity index (χ1n) is 7.19. The largest absolute Gasteiger partial charge is 0.381 e. The number of benzene rings is 1. The van der Waals surface area contributed by atoms with E-state index in [2.05, 4.69) is 34.5 Å². The van der Waals surface area contributed by atoms with Crippen molar-refractivity contribution in [3.05, 3.63) is 24.3 Å². The molecule has 0 amide bonds. The second-order valence-corrected chi connectivity index (χ2v) is 5.64. The average molecular weight is 245 g/mol. The number of para-hydroxylation sites is 2. The van der Waals surface area contributed by atoms with Gasteiger partial charge in [0.15, 0.2) is 0 Å². The van der Waals surface area contributed by atoms with Gasteiger partial charge in [0.2, 0.25) is 0 Å². The number of nitrogens with two attached hydrogens (primary N) is 1. The molecular formula is C15H23N3. The quantitative estimate of drug-likeness (QED) is 0.860. The van der Waals surface area contributed by atoms with Crippen LogP contribution in [0.1, 0.15) is 32.1 Å². The summed E-state index contributed by atoms with van der Waals surface area (Å²) in [6, 6.07) is 9.69. The first kappa shape index (κ1) is 11.8. The normalized spacial score (nSPS) is 27.7. The predicted molar refractivity (Wildman–Crippen MR) is 77.1 cm³/mol. The predicted octanol–water partition coefficient (Wildman–Crippen LogP) is 2.58.